The molecule has 0 bridgehead atoms. The molecule has 0 N–H and O–H groups in total. The van der Waals surface area contributed by atoms with E-state index < -0.39 is 32.7 Å². The average Bonchev–Trinajstić information content (AvgIpc) is 2.61. The van der Waals surface area contributed by atoms with Gasteiger partial charge in [-0.2, -0.15) is 16.8 Å². The first-order valence-corrected chi connectivity index (χ1v) is 9.30. The maximum absolute atomic E-state index is 11.6. The van der Waals surface area contributed by atoms with Crippen molar-refractivity contribution in [2.75, 3.05) is 0 Å². The third-order valence-corrected chi connectivity index (χ3v) is 3.84. The number of rotatable bonds is 7. The molecule has 14 heteroatoms. The van der Waals surface area contributed by atoms with Crippen LogP contribution < -0.4 is 103 Å². The van der Waals surface area contributed by atoms with Crippen LogP contribution in [-0.4, -0.2) is 28.8 Å². The summed E-state index contributed by atoms with van der Waals surface area (Å²) in [6.45, 7) is 0. The topological polar surface area (TPSA) is 139 Å². The van der Waals surface area contributed by atoms with Crippen molar-refractivity contribution < 1.29 is 149 Å². The normalized spacial score (nSPS) is 10.7. The molecule has 28 heavy (non-hydrogen) atoms. The Bertz CT molecular complexity index is 920. The molecule has 2 aromatic rings. The van der Waals surface area contributed by atoms with Crippen LogP contribution in [0.25, 0.3) is 0 Å². The number of benzene rings is 2. The first-order chi connectivity index (χ1) is 12.2. The number of carbonyl (C=O) groups is 2. The van der Waals surface area contributed by atoms with Crippen LogP contribution in [0.5, 0.6) is 0 Å². The molecule has 0 radical (unpaired) electrons. The van der Waals surface area contributed by atoms with Gasteiger partial charge in [0.2, 0.25) is 0 Å². The Morgan fingerprint density at radius 1 is 0.607 bits per heavy atom. The van der Waals surface area contributed by atoms with E-state index in [1.807, 2.05) is 0 Å². The number of hydrogen-bond acceptors (Lipinski definition) is 10. The van der Waals surface area contributed by atoms with Gasteiger partial charge in [0.25, 0.3) is 0 Å². The van der Waals surface area contributed by atoms with E-state index in [1.165, 1.54) is 48.5 Å². The van der Waals surface area contributed by atoms with Crippen molar-refractivity contribution in [1.29, 1.82) is 0 Å². The van der Waals surface area contributed by atoms with Gasteiger partial charge in [-0.05, 0) is 24.3 Å². The van der Waals surface area contributed by atoms with Crippen molar-refractivity contribution in [3.05, 3.63) is 71.8 Å². The Labute approximate surface area is 249 Å². The van der Waals surface area contributed by atoms with Gasteiger partial charge in [-0.15, -0.1) is 0 Å². The average molecular weight is 483 g/mol. The van der Waals surface area contributed by atoms with Crippen molar-refractivity contribution in [1.82, 2.24) is 0 Å². The van der Waals surface area contributed by atoms with E-state index in [4.69, 9.17) is 0 Å². The fourth-order valence-corrected chi connectivity index (χ4v) is 2.69. The first-order valence-electron chi connectivity index (χ1n) is 6.64. The molecule has 0 unspecified atom stereocenters. The second-order valence-corrected chi connectivity index (χ2v) is 6.66. The molecule has 0 saturated heterocycles. The van der Waals surface area contributed by atoms with E-state index in [-0.39, 0.29) is 117 Å². The zero-order valence-corrected chi connectivity index (χ0v) is 22.6. The third-order valence-electron chi connectivity index (χ3n) is 2.57. The SMILES string of the molecule is O=C(OS(=O)(=O)OOS(=O)(=O)OC(=O)c1ccccc1)c1ccccc1.[H-].[H-].[K+].[K+]. The summed E-state index contributed by atoms with van der Waals surface area (Å²) >= 11 is 0. The van der Waals surface area contributed by atoms with Gasteiger partial charge in [-0.1, -0.05) is 45.1 Å². The molecule has 10 nitrogen and oxygen atoms in total. The summed E-state index contributed by atoms with van der Waals surface area (Å²) in [5.74, 6) is -2.68. The summed E-state index contributed by atoms with van der Waals surface area (Å²) in [5, 5.41) is 0. The van der Waals surface area contributed by atoms with Crippen molar-refractivity contribution in [2.24, 2.45) is 0 Å². The molecular weight excluding hydrogens is 470 g/mol. The summed E-state index contributed by atoms with van der Waals surface area (Å²) in [6.07, 6.45) is 0. The molecule has 0 aliphatic carbocycles. The minimum Gasteiger partial charge on any atom is -1.00 e. The van der Waals surface area contributed by atoms with Gasteiger partial charge in [0.05, 0.1) is 11.1 Å². The van der Waals surface area contributed by atoms with E-state index in [1.54, 1.807) is 12.1 Å². The Morgan fingerprint density at radius 3 is 1.18 bits per heavy atom. The zero-order valence-electron chi connectivity index (χ0n) is 16.7. The van der Waals surface area contributed by atoms with Gasteiger partial charge < -0.3 is 11.2 Å². The maximum atomic E-state index is 11.6. The molecule has 0 atom stereocenters. The van der Waals surface area contributed by atoms with Crippen molar-refractivity contribution >= 4 is 32.7 Å². The fourth-order valence-electron chi connectivity index (χ4n) is 1.53. The molecule has 0 saturated carbocycles. The van der Waals surface area contributed by atoms with Gasteiger partial charge in [-0.25, -0.2) is 9.59 Å². The molecular formula is C14H12K2O10S2. The Morgan fingerprint density at radius 2 is 0.893 bits per heavy atom. The summed E-state index contributed by atoms with van der Waals surface area (Å²) < 4.78 is 60.8. The molecule has 0 heterocycles. The summed E-state index contributed by atoms with van der Waals surface area (Å²) in [7, 11) is -10.4. The Balaban J connectivity index is -0.00000182. The molecule has 0 amide bonds. The number of carbonyl (C=O) groups excluding carboxylic acids is 2. The van der Waals surface area contributed by atoms with Gasteiger partial charge in [-0.3, -0.25) is 0 Å². The van der Waals surface area contributed by atoms with Gasteiger partial charge in [0.15, 0.2) is 0 Å². The first kappa shape index (κ1) is 28.5. The third kappa shape index (κ3) is 9.99. The van der Waals surface area contributed by atoms with Crippen LogP contribution in [0.3, 0.4) is 0 Å². The van der Waals surface area contributed by atoms with E-state index in [0.717, 1.165) is 0 Å². The Hall–Kier alpha value is 0.473. The molecule has 2 rings (SSSR count). The fraction of sp³-hybridized carbons (Fsp3) is 0. The monoisotopic (exact) mass is 482 g/mol. The van der Waals surface area contributed by atoms with Crippen LogP contribution in [0.15, 0.2) is 60.7 Å². The summed E-state index contributed by atoms with van der Waals surface area (Å²) in [5.41, 5.74) is -0.281. The standard InChI is InChI=1S/C14H10O10S2.2K.2H/c15-13(11-7-3-1-4-8-11)21-25(17,18)23-24-26(19,20)22-14(16)12-9-5-2-6-10-12;;;;/h1-10H;;;;/q;2*+1;2*-1. The van der Waals surface area contributed by atoms with E-state index in [9.17, 15) is 26.4 Å². The van der Waals surface area contributed by atoms with Gasteiger partial charge in [0, 0.05) is 0 Å². The second kappa shape index (κ2) is 13.0. The van der Waals surface area contributed by atoms with Crippen LogP contribution in [0.2, 0.25) is 0 Å². The van der Waals surface area contributed by atoms with Crippen LogP contribution in [0.1, 0.15) is 23.6 Å². The second-order valence-electron chi connectivity index (χ2n) is 4.43. The Kier molecular flexibility index (Phi) is 13.2. The van der Waals surface area contributed by atoms with E-state index in [0.29, 0.717) is 0 Å². The molecule has 0 aromatic heterocycles. The molecule has 0 spiro atoms. The molecule has 142 valence electrons. The zero-order chi connectivity index (χ0) is 19.2. The van der Waals surface area contributed by atoms with Crippen LogP contribution >= 0.6 is 0 Å². The molecule has 0 aliphatic heterocycles. The maximum Gasteiger partial charge on any atom is 1.00 e. The molecule has 2 aromatic carbocycles. The van der Waals surface area contributed by atoms with Crippen molar-refractivity contribution in [3.8, 4) is 0 Å². The summed E-state index contributed by atoms with van der Waals surface area (Å²) in [4.78, 5) is 23.2. The quantitative estimate of drug-likeness (QED) is 0.215. The van der Waals surface area contributed by atoms with Crippen molar-refractivity contribution in [2.45, 2.75) is 0 Å². The predicted octanol–water partition coefficient (Wildman–Crippen LogP) is -4.63. The minimum atomic E-state index is -5.20. The van der Waals surface area contributed by atoms with Crippen LogP contribution in [0.4, 0.5) is 0 Å². The van der Waals surface area contributed by atoms with Gasteiger partial charge in [0.1, 0.15) is 0 Å². The molecule has 0 fully saturated rings. The summed E-state index contributed by atoms with van der Waals surface area (Å²) in [6, 6.07) is 13.9. The molecule has 0 aliphatic rings. The van der Waals surface area contributed by atoms with Crippen LogP contribution in [0, 0.1) is 0 Å². The van der Waals surface area contributed by atoms with Gasteiger partial charge >= 0.3 is 136 Å². The largest absolute Gasteiger partial charge is 1.00 e. The van der Waals surface area contributed by atoms with E-state index >= 15 is 0 Å². The van der Waals surface area contributed by atoms with Crippen molar-refractivity contribution in [3.63, 3.8) is 0 Å². The predicted molar refractivity (Wildman–Crippen MR) is 85.9 cm³/mol. The smallest absolute Gasteiger partial charge is 1.00 e. The minimum absolute atomic E-state index is 0. The van der Waals surface area contributed by atoms with Crippen LogP contribution in [-0.2, 0) is 37.8 Å². The number of hydrogen-bond donors (Lipinski definition) is 0. The van der Waals surface area contributed by atoms with E-state index in [2.05, 4.69) is 17.0 Å².